The molecule has 0 aliphatic carbocycles. The lowest BCUT2D eigenvalue weighted by atomic mass is 9.84. The highest BCUT2D eigenvalue weighted by atomic mass is 35.5. The lowest BCUT2D eigenvalue weighted by molar-refractivity contribution is -0.277. The van der Waals surface area contributed by atoms with Crippen LogP contribution < -0.4 is 10.6 Å². The van der Waals surface area contributed by atoms with Crippen LogP contribution in [0.25, 0.3) is 0 Å². The fourth-order valence-corrected chi connectivity index (χ4v) is 6.17. The number of aliphatic hydroxyl groups excluding tert-OH is 1. The number of rotatable bonds is 10. The van der Waals surface area contributed by atoms with E-state index in [-0.39, 0.29) is 37.9 Å². The van der Waals surface area contributed by atoms with Crippen LogP contribution >= 0.6 is 11.6 Å². The van der Waals surface area contributed by atoms with Crippen molar-refractivity contribution in [3.63, 3.8) is 0 Å². The predicted molar refractivity (Wildman–Crippen MR) is 174 cm³/mol. The molecule has 0 spiro atoms. The molecule has 11 heteroatoms. The van der Waals surface area contributed by atoms with E-state index < -0.39 is 23.9 Å². The van der Waals surface area contributed by atoms with E-state index in [0.717, 1.165) is 22.3 Å². The van der Waals surface area contributed by atoms with E-state index >= 15 is 0 Å². The molecule has 4 atom stereocenters. The first-order valence-electron chi connectivity index (χ1n) is 15.7. The normalized spacial score (nSPS) is 23.0. The Hall–Kier alpha value is -3.51. The minimum absolute atomic E-state index is 0.0109. The number of ether oxygens (including phenoxy) is 3. The lowest BCUT2D eigenvalue weighted by Crippen LogP contribution is -2.49. The Labute approximate surface area is 274 Å². The monoisotopic (exact) mass is 651 g/mol. The van der Waals surface area contributed by atoms with Gasteiger partial charge in [-0.05, 0) is 60.7 Å². The van der Waals surface area contributed by atoms with Crippen LogP contribution in [-0.2, 0) is 31.2 Å². The zero-order valence-electron chi connectivity index (χ0n) is 26.2. The molecule has 0 aromatic heterocycles. The first-order valence-corrected chi connectivity index (χ1v) is 16.1. The molecule has 2 saturated heterocycles. The van der Waals surface area contributed by atoms with Crippen molar-refractivity contribution in [1.82, 2.24) is 10.2 Å². The fourth-order valence-electron chi connectivity index (χ4n) is 6.04. The largest absolute Gasteiger partial charge is 0.465 e. The first kappa shape index (κ1) is 33.8. The number of hydrogen-bond acceptors (Lipinski definition) is 8. The summed E-state index contributed by atoms with van der Waals surface area (Å²) in [4.78, 5) is 26.4. The van der Waals surface area contributed by atoms with Crippen molar-refractivity contribution in [2.24, 2.45) is 5.92 Å². The minimum atomic E-state index is -0.904. The van der Waals surface area contributed by atoms with Gasteiger partial charge in [0.05, 0.1) is 31.0 Å². The van der Waals surface area contributed by atoms with Crippen molar-refractivity contribution in [3.05, 3.63) is 100 Å². The zero-order chi connectivity index (χ0) is 32.7. The van der Waals surface area contributed by atoms with Crippen LogP contribution in [0.15, 0.2) is 72.8 Å². The standard InChI is InChI=1S/C35H42ClN3O7/c1-3-44-31(41)20-37-34(42)38-29-6-4-5-26(19-29)33-45-30(23(2)32(46-33)25-9-7-24(22-40)8-10-25)21-39-17-15-35(43,16-18-39)27-11-13-28(36)14-12-27/h4-14,19,23,30,32-33,40,43H,3,15-18,20-22H2,1-2H3,(H2,37,38,42). The number of urea groups is 1. The minimum Gasteiger partial charge on any atom is -0.465 e. The van der Waals surface area contributed by atoms with Gasteiger partial charge in [-0.15, -0.1) is 0 Å². The number of halogens is 1. The summed E-state index contributed by atoms with van der Waals surface area (Å²) in [6.45, 7) is 5.83. The van der Waals surface area contributed by atoms with Gasteiger partial charge in [-0.25, -0.2) is 4.79 Å². The maximum absolute atomic E-state index is 12.4. The smallest absolute Gasteiger partial charge is 0.325 e. The number of piperidine rings is 1. The number of aliphatic hydroxyl groups is 2. The maximum Gasteiger partial charge on any atom is 0.325 e. The number of carbonyl (C=O) groups is 2. The van der Waals surface area contributed by atoms with Gasteiger partial charge < -0.3 is 40.0 Å². The van der Waals surface area contributed by atoms with Gasteiger partial charge in [0.2, 0.25) is 0 Å². The quantitative estimate of drug-likeness (QED) is 0.218. The number of anilines is 1. The molecule has 246 valence electrons. The highest BCUT2D eigenvalue weighted by molar-refractivity contribution is 6.30. The number of hydrogen-bond donors (Lipinski definition) is 4. The van der Waals surface area contributed by atoms with Crippen molar-refractivity contribution in [1.29, 1.82) is 0 Å². The molecule has 2 aliphatic rings. The molecule has 0 saturated carbocycles. The topological polar surface area (TPSA) is 130 Å². The van der Waals surface area contributed by atoms with Crippen LogP contribution in [0.3, 0.4) is 0 Å². The second kappa shape index (κ2) is 15.4. The summed E-state index contributed by atoms with van der Waals surface area (Å²) in [5.74, 6) is -0.528. The van der Waals surface area contributed by atoms with Crippen LogP contribution in [0.5, 0.6) is 0 Å². The summed E-state index contributed by atoms with van der Waals surface area (Å²) in [5, 5.41) is 26.9. The van der Waals surface area contributed by atoms with Crippen molar-refractivity contribution < 1.29 is 34.0 Å². The zero-order valence-corrected chi connectivity index (χ0v) is 26.9. The number of benzene rings is 3. The van der Waals surface area contributed by atoms with E-state index in [9.17, 15) is 19.8 Å². The Morgan fingerprint density at radius 1 is 1.02 bits per heavy atom. The molecule has 5 rings (SSSR count). The molecular formula is C35H42ClN3O7. The second-order valence-corrected chi connectivity index (χ2v) is 12.3. The van der Waals surface area contributed by atoms with Crippen LogP contribution in [0.4, 0.5) is 10.5 Å². The lowest BCUT2D eigenvalue weighted by Gasteiger charge is -2.45. The van der Waals surface area contributed by atoms with Crippen LogP contribution in [0.2, 0.25) is 5.02 Å². The van der Waals surface area contributed by atoms with E-state index in [4.69, 9.17) is 25.8 Å². The molecular weight excluding hydrogens is 610 g/mol. The SMILES string of the molecule is CCOC(=O)CNC(=O)Nc1cccc(C2OC(CN3CCC(O)(c4ccc(Cl)cc4)CC3)C(C)C(c3ccc(CO)cc3)O2)c1. The van der Waals surface area contributed by atoms with Gasteiger partial charge in [0, 0.05) is 41.8 Å². The molecule has 10 nitrogen and oxygen atoms in total. The average Bonchev–Trinajstić information content (AvgIpc) is 3.06. The highest BCUT2D eigenvalue weighted by Crippen LogP contribution is 2.43. The molecule has 2 heterocycles. The van der Waals surface area contributed by atoms with E-state index in [1.165, 1.54) is 0 Å². The number of amides is 2. The maximum atomic E-state index is 12.4. The summed E-state index contributed by atoms with van der Waals surface area (Å²) in [7, 11) is 0. The van der Waals surface area contributed by atoms with Gasteiger partial charge in [0.25, 0.3) is 0 Å². The fraction of sp³-hybridized carbons (Fsp3) is 0.429. The third kappa shape index (κ3) is 8.44. The van der Waals surface area contributed by atoms with Gasteiger partial charge in [-0.3, -0.25) is 4.79 Å². The molecule has 0 bridgehead atoms. The molecule has 0 radical (unpaired) electrons. The van der Waals surface area contributed by atoms with Crippen molar-refractivity contribution in [2.75, 3.05) is 38.1 Å². The molecule has 3 aromatic carbocycles. The van der Waals surface area contributed by atoms with Gasteiger partial charge in [0.1, 0.15) is 6.54 Å². The van der Waals surface area contributed by atoms with E-state index in [1.54, 1.807) is 19.1 Å². The second-order valence-electron chi connectivity index (χ2n) is 11.9. The summed E-state index contributed by atoms with van der Waals surface area (Å²) in [6.07, 6.45) is -0.0329. The van der Waals surface area contributed by atoms with Gasteiger partial charge in [0.15, 0.2) is 6.29 Å². The summed E-state index contributed by atoms with van der Waals surface area (Å²) < 4.78 is 18.1. The average molecular weight is 652 g/mol. The Kier molecular flexibility index (Phi) is 11.3. The number of nitrogens with one attached hydrogen (secondary N) is 2. The van der Waals surface area contributed by atoms with E-state index in [1.807, 2.05) is 60.7 Å². The van der Waals surface area contributed by atoms with Crippen molar-refractivity contribution in [3.8, 4) is 0 Å². The van der Waals surface area contributed by atoms with Crippen molar-refractivity contribution >= 4 is 29.3 Å². The molecule has 2 fully saturated rings. The van der Waals surface area contributed by atoms with Gasteiger partial charge in [-0.1, -0.05) is 67.1 Å². The summed E-state index contributed by atoms with van der Waals surface area (Å²) in [5.41, 5.74) is 3.01. The molecule has 4 unspecified atom stereocenters. The molecule has 2 aliphatic heterocycles. The Morgan fingerprint density at radius 3 is 2.41 bits per heavy atom. The summed E-state index contributed by atoms with van der Waals surface area (Å²) >= 11 is 6.07. The molecule has 3 aromatic rings. The molecule has 4 N–H and O–H groups in total. The Balaban J connectivity index is 1.30. The van der Waals surface area contributed by atoms with Crippen molar-refractivity contribution in [2.45, 2.75) is 57.4 Å². The Morgan fingerprint density at radius 2 is 1.74 bits per heavy atom. The van der Waals surface area contributed by atoms with Gasteiger partial charge >= 0.3 is 12.0 Å². The third-order valence-corrected chi connectivity index (χ3v) is 8.99. The van der Waals surface area contributed by atoms with E-state index in [0.29, 0.717) is 43.2 Å². The molecule has 2 amide bonds. The first-order chi connectivity index (χ1) is 22.2. The molecule has 46 heavy (non-hydrogen) atoms. The van der Waals surface area contributed by atoms with Crippen LogP contribution in [-0.4, -0.2) is 66.0 Å². The van der Waals surface area contributed by atoms with Crippen LogP contribution in [0.1, 0.15) is 61.3 Å². The number of carbonyl (C=O) groups excluding carboxylic acids is 2. The number of likely N-dealkylation sites (tertiary alicyclic amines) is 1. The highest BCUT2D eigenvalue weighted by Gasteiger charge is 2.41. The summed E-state index contributed by atoms with van der Waals surface area (Å²) in [6, 6.07) is 21.9. The number of esters is 1. The van der Waals surface area contributed by atoms with Crippen LogP contribution in [0, 0.1) is 5.92 Å². The Bertz CT molecular complexity index is 1460. The van der Waals surface area contributed by atoms with Gasteiger partial charge in [-0.2, -0.15) is 0 Å². The van der Waals surface area contributed by atoms with E-state index in [2.05, 4.69) is 22.5 Å². The number of nitrogens with zero attached hydrogens (tertiary/aromatic N) is 1. The predicted octanol–water partition coefficient (Wildman–Crippen LogP) is 5.29. The third-order valence-electron chi connectivity index (χ3n) is 8.74.